The Morgan fingerprint density at radius 2 is 1.28 bits per heavy atom. The van der Waals surface area contributed by atoms with Crippen LogP contribution in [0, 0.1) is 0 Å². The maximum absolute atomic E-state index is 11.9. The van der Waals surface area contributed by atoms with E-state index >= 15 is 0 Å². The van der Waals surface area contributed by atoms with Crippen LogP contribution >= 0.6 is 0 Å². The van der Waals surface area contributed by atoms with Crippen LogP contribution in [0.3, 0.4) is 0 Å². The van der Waals surface area contributed by atoms with E-state index in [0.29, 0.717) is 11.6 Å². The molecule has 0 unspecified atom stereocenters. The summed E-state index contributed by atoms with van der Waals surface area (Å²) >= 11 is 0. The molecule has 1 heterocycles. The molecule has 0 aliphatic carbocycles. The average molecular weight is 433 g/mol. The number of carbonyl (C=O) groups is 1. The molecule has 1 aromatic heterocycles. The van der Waals surface area contributed by atoms with E-state index in [-0.39, 0.29) is 22.7 Å². The first-order valence-electron chi connectivity index (χ1n) is 9.22. The van der Waals surface area contributed by atoms with Crippen LogP contribution in [0.2, 0.25) is 0 Å². The van der Waals surface area contributed by atoms with Gasteiger partial charge >= 0.3 is 5.97 Å². The molecule has 0 saturated heterocycles. The first kappa shape index (κ1) is 21.0. The van der Waals surface area contributed by atoms with E-state index in [0.717, 1.165) is 17.2 Å². The second kappa shape index (κ2) is 9.73. The quantitative estimate of drug-likeness (QED) is 0.250. The SMILES string of the molecule is O=C(OOOOO)c1ccc(-c2nc(-c3ccccc3)nc(-c3ccccc3)n2)c(O)c1. The number of hydrogen-bond donors (Lipinski definition) is 2. The van der Waals surface area contributed by atoms with Gasteiger partial charge in [0.05, 0.1) is 11.1 Å². The molecule has 10 nitrogen and oxygen atoms in total. The summed E-state index contributed by atoms with van der Waals surface area (Å²) in [4.78, 5) is 29.7. The molecule has 4 rings (SSSR count). The number of hydrogen-bond acceptors (Lipinski definition) is 10. The van der Waals surface area contributed by atoms with Crippen LogP contribution in [0.1, 0.15) is 10.4 Å². The molecule has 0 aliphatic heterocycles. The highest BCUT2D eigenvalue weighted by Crippen LogP contribution is 2.30. The van der Waals surface area contributed by atoms with E-state index in [4.69, 9.17) is 5.26 Å². The van der Waals surface area contributed by atoms with Gasteiger partial charge in [0, 0.05) is 21.2 Å². The summed E-state index contributed by atoms with van der Waals surface area (Å²) in [6, 6.07) is 22.7. The Morgan fingerprint density at radius 3 is 1.81 bits per heavy atom. The zero-order valence-corrected chi connectivity index (χ0v) is 16.3. The van der Waals surface area contributed by atoms with Crippen molar-refractivity contribution in [3.05, 3.63) is 84.4 Å². The van der Waals surface area contributed by atoms with Gasteiger partial charge in [-0.15, -0.1) is 0 Å². The molecule has 0 saturated carbocycles. The number of aromatic hydroxyl groups is 1. The van der Waals surface area contributed by atoms with Crippen molar-refractivity contribution in [1.82, 2.24) is 15.0 Å². The van der Waals surface area contributed by atoms with E-state index in [9.17, 15) is 9.90 Å². The molecular formula is C22H15N3O7. The summed E-state index contributed by atoms with van der Waals surface area (Å²) < 4.78 is 0. The highest BCUT2D eigenvalue weighted by atomic mass is 17.8. The van der Waals surface area contributed by atoms with Gasteiger partial charge in [0.1, 0.15) is 5.75 Å². The van der Waals surface area contributed by atoms with Gasteiger partial charge in [0.2, 0.25) is 0 Å². The number of phenolic OH excluding ortho intramolecular Hbond substituents is 1. The van der Waals surface area contributed by atoms with E-state index in [2.05, 4.69) is 35.0 Å². The maximum Gasteiger partial charge on any atom is 0.376 e. The van der Waals surface area contributed by atoms with Crippen molar-refractivity contribution in [3.8, 4) is 39.9 Å². The van der Waals surface area contributed by atoms with Crippen molar-refractivity contribution in [2.45, 2.75) is 0 Å². The Labute approximate surface area is 181 Å². The summed E-state index contributed by atoms with van der Waals surface area (Å²) in [5, 5.41) is 29.1. The molecule has 2 N–H and O–H groups in total. The van der Waals surface area contributed by atoms with Gasteiger partial charge in [-0.05, 0) is 23.2 Å². The van der Waals surface area contributed by atoms with Gasteiger partial charge in [0.25, 0.3) is 0 Å². The van der Waals surface area contributed by atoms with Crippen LogP contribution in [0.5, 0.6) is 5.75 Å². The molecule has 0 spiro atoms. The molecule has 160 valence electrons. The van der Waals surface area contributed by atoms with E-state index < -0.39 is 5.97 Å². The molecule has 10 heteroatoms. The first-order chi connectivity index (χ1) is 15.7. The zero-order valence-electron chi connectivity index (χ0n) is 16.3. The van der Waals surface area contributed by atoms with Crippen LogP contribution < -0.4 is 0 Å². The highest BCUT2D eigenvalue weighted by molar-refractivity contribution is 5.90. The monoisotopic (exact) mass is 433 g/mol. The number of phenols is 1. The molecule has 0 amide bonds. The summed E-state index contributed by atoms with van der Waals surface area (Å²) in [6.45, 7) is 0. The lowest BCUT2D eigenvalue weighted by atomic mass is 10.1. The third-order valence-corrected chi connectivity index (χ3v) is 4.34. The van der Waals surface area contributed by atoms with Crippen molar-refractivity contribution in [3.63, 3.8) is 0 Å². The summed E-state index contributed by atoms with van der Waals surface area (Å²) in [5.74, 6) is -0.223. The van der Waals surface area contributed by atoms with Crippen LogP contribution in [-0.4, -0.2) is 31.3 Å². The number of rotatable bonds is 7. The fourth-order valence-electron chi connectivity index (χ4n) is 2.88. The molecule has 3 aromatic carbocycles. The maximum atomic E-state index is 11.9. The van der Waals surface area contributed by atoms with Crippen molar-refractivity contribution in [2.75, 3.05) is 0 Å². The fraction of sp³-hybridized carbons (Fsp3) is 0. The third-order valence-electron chi connectivity index (χ3n) is 4.34. The minimum atomic E-state index is -1.01. The van der Waals surface area contributed by atoms with Crippen LogP contribution in [0.4, 0.5) is 0 Å². The summed E-state index contributed by atoms with van der Waals surface area (Å²) in [7, 11) is 0. The van der Waals surface area contributed by atoms with Gasteiger partial charge in [-0.2, -0.15) is 0 Å². The van der Waals surface area contributed by atoms with Crippen molar-refractivity contribution >= 4 is 5.97 Å². The van der Waals surface area contributed by atoms with Gasteiger partial charge < -0.3 is 5.11 Å². The van der Waals surface area contributed by atoms with Gasteiger partial charge in [-0.1, -0.05) is 60.7 Å². The molecular weight excluding hydrogens is 418 g/mol. The van der Waals surface area contributed by atoms with Crippen LogP contribution in [0.15, 0.2) is 78.9 Å². The molecule has 0 fully saturated rings. The second-order valence-electron chi connectivity index (χ2n) is 6.35. The van der Waals surface area contributed by atoms with E-state index in [1.54, 1.807) is 0 Å². The van der Waals surface area contributed by atoms with Crippen molar-refractivity contribution in [1.29, 1.82) is 0 Å². The second-order valence-corrected chi connectivity index (χ2v) is 6.35. The molecule has 0 bridgehead atoms. The van der Waals surface area contributed by atoms with Crippen LogP contribution in [-0.2, 0) is 20.0 Å². The molecule has 0 atom stereocenters. The zero-order chi connectivity index (χ0) is 22.3. The Kier molecular flexibility index (Phi) is 6.39. The Hall–Kier alpha value is -4.22. The topological polar surface area (TPSA) is 133 Å². The van der Waals surface area contributed by atoms with E-state index in [1.165, 1.54) is 12.1 Å². The first-order valence-corrected chi connectivity index (χ1v) is 9.22. The lowest BCUT2D eigenvalue weighted by Crippen LogP contribution is -2.07. The van der Waals surface area contributed by atoms with Gasteiger partial charge in [-0.3, -0.25) is 4.89 Å². The minimum Gasteiger partial charge on any atom is -0.507 e. The Bertz CT molecular complexity index is 1160. The summed E-state index contributed by atoms with van der Waals surface area (Å²) in [5.41, 5.74) is 1.76. The highest BCUT2D eigenvalue weighted by Gasteiger charge is 2.17. The number of aromatic nitrogens is 3. The standard InChI is InChI=1S/C22H15N3O7/c26-18-13-16(22(27)29-31-32-30-28)11-12-17(18)21-24-19(14-7-3-1-4-8-14)23-20(25-21)15-9-5-2-6-10-15/h1-13,26,28H. The number of nitrogens with zero attached hydrogens (tertiary/aromatic N) is 3. The number of benzene rings is 3. The van der Waals surface area contributed by atoms with Crippen molar-refractivity contribution in [2.24, 2.45) is 0 Å². The molecule has 0 radical (unpaired) electrons. The summed E-state index contributed by atoms with van der Waals surface area (Å²) in [6.07, 6.45) is 0. The molecule has 0 aliphatic rings. The fourth-order valence-corrected chi connectivity index (χ4v) is 2.88. The normalized spacial score (nSPS) is 10.7. The lowest BCUT2D eigenvalue weighted by Gasteiger charge is -2.10. The van der Waals surface area contributed by atoms with Gasteiger partial charge in [-0.25, -0.2) is 25.0 Å². The number of carbonyl (C=O) groups excluding carboxylic acids is 1. The third kappa shape index (κ3) is 4.74. The largest absolute Gasteiger partial charge is 0.507 e. The van der Waals surface area contributed by atoms with E-state index in [1.807, 2.05) is 60.7 Å². The molecule has 4 aromatic rings. The lowest BCUT2D eigenvalue weighted by molar-refractivity contribution is -0.689. The Morgan fingerprint density at radius 1 is 0.719 bits per heavy atom. The Balaban J connectivity index is 1.75. The average Bonchev–Trinajstić information content (AvgIpc) is 2.85. The smallest absolute Gasteiger partial charge is 0.376 e. The molecule has 32 heavy (non-hydrogen) atoms. The van der Waals surface area contributed by atoms with Crippen LogP contribution in [0.25, 0.3) is 34.2 Å². The predicted molar refractivity (Wildman–Crippen MR) is 109 cm³/mol. The minimum absolute atomic E-state index is 0.0617. The predicted octanol–water partition coefficient (Wildman–Crippen LogP) is 4.00. The van der Waals surface area contributed by atoms with Crippen molar-refractivity contribution < 1.29 is 35.2 Å². The van der Waals surface area contributed by atoms with Gasteiger partial charge in [0.15, 0.2) is 17.5 Å².